The van der Waals surface area contributed by atoms with Crippen molar-refractivity contribution < 1.29 is 0 Å². The average Bonchev–Trinajstić information content (AvgIpc) is 3.54. The van der Waals surface area contributed by atoms with Crippen LogP contribution in [0.2, 0.25) is 0 Å². The van der Waals surface area contributed by atoms with Crippen LogP contribution >= 0.6 is 15.9 Å². The molecule has 4 rings (SSSR count). The molecule has 0 amide bonds. The minimum Gasteiger partial charge on any atom is -0.324 e. The summed E-state index contributed by atoms with van der Waals surface area (Å²) in [7, 11) is 0. The van der Waals surface area contributed by atoms with Crippen LogP contribution in [-0.2, 0) is 0 Å². The second-order valence-corrected chi connectivity index (χ2v) is 8.60. The van der Waals surface area contributed by atoms with Gasteiger partial charge in [-0.05, 0) is 52.7 Å². The number of H-pyrrole nitrogens is 1. The molecule has 31 heavy (non-hydrogen) atoms. The van der Waals surface area contributed by atoms with Crippen molar-refractivity contribution in [2.75, 3.05) is 10.6 Å². The quantitative estimate of drug-likeness (QED) is 0.300. The molecule has 0 spiro atoms. The van der Waals surface area contributed by atoms with Gasteiger partial charge in [0.25, 0.3) is 0 Å². The molecule has 160 valence electrons. The van der Waals surface area contributed by atoms with Gasteiger partial charge >= 0.3 is 0 Å². The molecule has 7 heteroatoms. The van der Waals surface area contributed by atoms with Gasteiger partial charge in [-0.3, -0.25) is 5.10 Å². The molecule has 0 saturated heterocycles. The van der Waals surface area contributed by atoms with E-state index in [9.17, 15) is 0 Å². The number of anilines is 3. The topological polar surface area (TPSA) is 78.5 Å². The highest BCUT2D eigenvalue weighted by atomic mass is 79.9. The summed E-state index contributed by atoms with van der Waals surface area (Å²) >= 11 is 3.53. The van der Waals surface area contributed by atoms with Crippen LogP contribution in [0.1, 0.15) is 56.2 Å². The number of hydrogen-bond acceptors (Lipinski definition) is 5. The molecule has 6 nitrogen and oxygen atoms in total. The molecule has 0 radical (unpaired) electrons. The normalized spacial score (nSPS) is 15.3. The number of rotatable bonds is 9. The zero-order valence-corrected chi connectivity index (χ0v) is 19.4. The summed E-state index contributed by atoms with van der Waals surface area (Å²) in [5.41, 5.74) is 3.43. The maximum atomic E-state index is 4.64. The molecule has 0 bridgehead atoms. The number of aromatic nitrogens is 4. The minimum absolute atomic E-state index is 0.312. The summed E-state index contributed by atoms with van der Waals surface area (Å²) < 4.78 is 0.781. The molecule has 1 aromatic carbocycles. The largest absolute Gasteiger partial charge is 0.324 e. The molecule has 1 aliphatic rings. The molecular weight excluding hydrogens is 452 g/mol. The Morgan fingerprint density at radius 3 is 2.84 bits per heavy atom. The van der Waals surface area contributed by atoms with Gasteiger partial charge in [-0.15, -0.1) is 0 Å². The lowest BCUT2D eigenvalue weighted by Crippen LogP contribution is -2.05. The third-order valence-electron chi connectivity index (χ3n) is 5.18. The van der Waals surface area contributed by atoms with Gasteiger partial charge in [0.2, 0.25) is 5.95 Å². The van der Waals surface area contributed by atoms with Crippen LogP contribution in [0.5, 0.6) is 0 Å². The molecule has 0 aliphatic heterocycles. The fraction of sp³-hybridized carbons (Fsp3) is 0.292. The highest BCUT2D eigenvalue weighted by Gasteiger charge is 2.25. The van der Waals surface area contributed by atoms with Crippen LogP contribution in [0, 0.1) is 0 Å². The Bertz CT molecular complexity index is 1070. The van der Waals surface area contributed by atoms with Crippen LogP contribution in [-0.4, -0.2) is 20.2 Å². The van der Waals surface area contributed by atoms with E-state index in [4.69, 9.17) is 0 Å². The van der Waals surface area contributed by atoms with Crippen LogP contribution in [0.4, 0.5) is 17.6 Å². The maximum Gasteiger partial charge on any atom is 0.229 e. The lowest BCUT2D eigenvalue weighted by molar-refractivity contribution is 0.964. The van der Waals surface area contributed by atoms with Gasteiger partial charge in [0, 0.05) is 29.6 Å². The van der Waals surface area contributed by atoms with Crippen molar-refractivity contribution in [1.82, 2.24) is 20.2 Å². The van der Waals surface area contributed by atoms with Gasteiger partial charge in [-0.1, -0.05) is 56.3 Å². The van der Waals surface area contributed by atoms with Gasteiger partial charge in [-0.25, -0.2) is 4.98 Å². The number of aromatic amines is 1. The third kappa shape index (κ3) is 5.82. The Kier molecular flexibility index (Phi) is 6.82. The van der Waals surface area contributed by atoms with E-state index in [1.807, 2.05) is 6.07 Å². The van der Waals surface area contributed by atoms with E-state index in [1.54, 1.807) is 6.20 Å². The summed E-state index contributed by atoms with van der Waals surface area (Å²) in [4.78, 5) is 9.06. The van der Waals surface area contributed by atoms with Crippen molar-refractivity contribution >= 4 is 33.5 Å². The van der Waals surface area contributed by atoms with E-state index in [-0.39, 0.29) is 0 Å². The first-order valence-electron chi connectivity index (χ1n) is 10.7. The van der Waals surface area contributed by atoms with Crippen molar-refractivity contribution in [3.63, 3.8) is 0 Å². The predicted octanol–water partition coefficient (Wildman–Crippen LogP) is 6.65. The van der Waals surface area contributed by atoms with E-state index in [0.717, 1.165) is 22.4 Å². The zero-order valence-electron chi connectivity index (χ0n) is 17.8. The van der Waals surface area contributed by atoms with Crippen molar-refractivity contribution in [3.05, 3.63) is 82.3 Å². The van der Waals surface area contributed by atoms with E-state index in [0.29, 0.717) is 23.6 Å². The molecule has 1 fully saturated rings. The molecular formula is C24H27BrN6. The van der Waals surface area contributed by atoms with Gasteiger partial charge in [0.15, 0.2) is 11.6 Å². The first-order valence-corrected chi connectivity index (χ1v) is 11.5. The van der Waals surface area contributed by atoms with E-state index >= 15 is 0 Å². The fourth-order valence-corrected chi connectivity index (χ4v) is 3.56. The zero-order chi connectivity index (χ0) is 21.6. The summed E-state index contributed by atoms with van der Waals surface area (Å²) in [6.07, 6.45) is 11.5. The van der Waals surface area contributed by atoms with Gasteiger partial charge < -0.3 is 10.6 Å². The standard InChI is InChI=1S/C24H27BrN6/c1-3-7-19(13-10-16(2)17-8-5-4-6-9-17)27-24-26-15-20(25)23(29-24)28-22-14-21(30-31-22)18-11-12-18/h4-10,13-16,18H,3,11-12H2,1-2H3,(H3,26,27,28,29,30,31)/b13-10-,19-7+. The van der Waals surface area contributed by atoms with Crippen molar-refractivity contribution in [3.8, 4) is 0 Å². The van der Waals surface area contributed by atoms with E-state index < -0.39 is 0 Å². The number of hydrogen-bond donors (Lipinski definition) is 3. The van der Waals surface area contributed by atoms with E-state index in [1.165, 1.54) is 24.1 Å². The highest BCUT2D eigenvalue weighted by Crippen LogP contribution is 2.39. The SMILES string of the molecule is CC/C=C(\C=C/C(C)c1ccccc1)Nc1ncc(Br)c(Nc2cc(C3CC3)[nH]n2)n1. The molecule has 1 saturated carbocycles. The molecule has 2 aromatic heterocycles. The van der Waals surface area contributed by atoms with Gasteiger partial charge in [0.1, 0.15) is 0 Å². The summed E-state index contributed by atoms with van der Waals surface area (Å²) in [5.74, 6) is 2.89. The summed E-state index contributed by atoms with van der Waals surface area (Å²) in [6.45, 7) is 4.30. The number of nitrogens with one attached hydrogen (secondary N) is 3. The molecule has 3 N–H and O–H groups in total. The molecule has 1 atom stereocenters. The lowest BCUT2D eigenvalue weighted by atomic mass is 10.0. The van der Waals surface area contributed by atoms with Crippen molar-refractivity contribution in [2.45, 2.75) is 44.9 Å². The van der Waals surface area contributed by atoms with Crippen molar-refractivity contribution in [1.29, 1.82) is 0 Å². The molecule has 2 heterocycles. The smallest absolute Gasteiger partial charge is 0.229 e. The number of nitrogens with zero attached hydrogens (tertiary/aromatic N) is 3. The van der Waals surface area contributed by atoms with Gasteiger partial charge in [-0.2, -0.15) is 10.1 Å². The van der Waals surface area contributed by atoms with Gasteiger partial charge in [0.05, 0.1) is 4.47 Å². The molecule has 1 unspecified atom stereocenters. The van der Waals surface area contributed by atoms with Crippen LogP contribution in [0.3, 0.4) is 0 Å². The lowest BCUT2D eigenvalue weighted by Gasteiger charge is -2.11. The second-order valence-electron chi connectivity index (χ2n) is 7.75. The van der Waals surface area contributed by atoms with Crippen LogP contribution in [0.15, 0.2) is 71.0 Å². The van der Waals surface area contributed by atoms with Crippen molar-refractivity contribution in [2.24, 2.45) is 0 Å². The first-order chi connectivity index (χ1) is 15.1. The Morgan fingerprint density at radius 2 is 2.10 bits per heavy atom. The first kappa shape index (κ1) is 21.3. The Balaban J connectivity index is 1.46. The average molecular weight is 479 g/mol. The maximum absolute atomic E-state index is 4.64. The number of benzene rings is 1. The number of allylic oxidation sites excluding steroid dienone is 3. The minimum atomic E-state index is 0.312. The number of halogens is 1. The third-order valence-corrected chi connectivity index (χ3v) is 5.76. The van der Waals surface area contributed by atoms with Crippen LogP contribution < -0.4 is 10.6 Å². The fourth-order valence-electron chi connectivity index (χ4n) is 3.27. The molecule has 1 aliphatic carbocycles. The summed E-state index contributed by atoms with van der Waals surface area (Å²) in [6, 6.07) is 12.5. The monoisotopic (exact) mass is 478 g/mol. The van der Waals surface area contributed by atoms with E-state index in [2.05, 4.69) is 109 Å². The highest BCUT2D eigenvalue weighted by molar-refractivity contribution is 9.10. The molecule has 3 aromatic rings. The predicted molar refractivity (Wildman–Crippen MR) is 130 cm³/mol. The summed E-state index contributed by atoms with van der Waals surface area (Å²) in [5, 5.41) is 14.1. The second kappa shape index (κ2) is 9.92. The Hall–Kier alpha value is -2.93. The Morgan fingerprint density at radius 1 is 1.29 bits per heavy atom. The Labute approximate surface area is 191 Å². The van der Waals surface area contributed by atoms with Crippen LogP contribution in [0.25, 0.3) is 0 Å².